The van der Waals surface area contributed by atoms with Gasteiger partial charge in [0.2, 0.25) is 5.91 Å². The van der Waals surface area contributed by atoms with Gasteiger partial charge >= 0.3 is 0 Å². The monoisotopic (exact) mass is 252 g/mol. The summed E-state index contributed by atoms with van der Waals surface area (Å²) in [6.45, 7) is 8.49. The molecule has 2 aliphatic rings. The van der Waals surface area contributed by atoms with Gasteiger partial charge in [-0.25, -0.2) is 0 Å². The van der Waals surface area contributed by atoms with Gasteiger partial charge in [0, 0.05) is 19.7 Å². The van der Waals surface area contributed by atoms with Crippen molar-refractivity contribution < 1.29 is 4.79 Å². The molecule has 0 N–H and O–H groups in total. The molecule has 2 aliphatic heterocycles. The zero-order chi connectivity index (χ0) is 13.3. The van der Waals surface area contributed by atoms with Crippen LogP contribution in [0.4, 0.5) is 0 Å². The maximum absolute atomic E-state index is 11.4. The van der Waals surface area contributed by atoms with Crippen LogP contribution in [-0.4, -0.2) is 30.9 Å². The molecule has 0 aliphatic carbocycles. The normalized spacial score (nSPS) is 34.8. The molecule has 2 atom stereocenters. The van der Waals surface area contributed by atoms with Gasteiger partial charge in [-0.15, -0.1) is 0 Å². The number of nitrogens with zero attached hydrogens (tertiary/aromatic N) is 1. The molecule has 1 fully saturated rings. The first kappa shape index (κ1) is 14.7. The van der Waals surface area contributed by atoms with Crippen LogP contribution < -0.4 is 0 Å². The van der Waals surface area contributed by atoms with Gasteiger partial charge in [-0.05, 0) is 17.7 Å². The summed E-state index contributed by atoms with van der Waals surface area (Å²) in [5.41, 5.74) is 1.26. The minimum atomic E-state index is 0.210. The lowest BCUT2D eigenvalue weighted by Crippen LogP contribution is -2.13. The molecule has 17 heavy (non-hydrogen) atoms. The molecule has 1 saturated heterocycles. The maximum atomic E-state index is 11.4. The van der Waals surface area contributed by atoms with E-state index in [0.717, 1.165) is 12.2 Å². The van der Waals surface area contributed by atoms with E-state index in [1.165, 1.54) is 5.57 Å². The predicted octanol–water partition coefficient (Wildman–Crippen LogP) is 3.15. The summed E-state index contributed by atoms with van der Waals surface area (Å²) in [4.78, 5) is 13.1. The Bertz CT molecular complexity index is 344. The van der Waals surface area contributed by atoms with Crippen LogP contribution in [0.3, 0.4) is 0 Å². The quantitative estimate of drug-likeness (QED) is 0.604. The molecular formula is C13H23BNOS. The van der Waals surface area contributed by atoms with Crippen molar-refractivity contribution in [3.63, 3.8) is 0 Å². The highest BCUT2D eigenvalue weighted by Crippen LogP contribution is 2.71. The van der Waals surface area contributed by atoms with E-state index in [1.807, 2.05) is 27.1 Å². The fraction of sp³-hybridized carbons (Fsp3) is 0.769. The molecule has 1 radical (unpaired) electrons. The summed E-state index contributed by atoms with van der Waals surface area (Å²) in [5.74, 6) is 1.10. The highest BCUT2D eigenvalue weighted by Gasteiger charge is 2.60. The van der Waals surface area contributed by atoms with E-state index in [-0.39, 0.29) is 16.5 Å². The Balaban J connectivity index is 0.000000686. The second kappa shape index (κ2) is 5.09. The zero-order valence-corrected chi connectivity index (χ0v) is 12.5. The lowest BCUT2D eigenvalue weighted by Gasteiger charge is -2.18. The van der Waals surface area contributed by atoms with Gasteiger partial charge in [0.1, 0.15) is 7.28 Å². The van der Waals surface area contributed by atoms with Crippen molar-refractivity contribution in [2.75, 3.05) is 12.8 Å². The summed E-state index contributed by atoms with van der Waals surface area (Å²) in [6.07, 6.45) is 3.58. The van der Waals surface area contributed by atoms with Gasteiger partial charge < -0.3 is 4.90 Å². The zero-order valence-electron chi connectivity index (χ0n) is 11.6. The third-order valence-electron chi connectivity index (χ3n) is 3.93. The van der Waals surface area contributed by atoms with Crippen molar-refractivity contribution in [1.29, 1.82) is 0 Å². The van der Waals surface area contributed by atoms with Crippen LogP contribution in [0, 0.1) is 0 Å². The molecule has 0 aromatic carbocycles. The SMILES string of the molecule is CC.CN1C=C(CC2(C)[B]C2(C)CS)CC1=O. The van der Waals surface area contributed by atoms with E-state index in [9.17, 15) is 4.79 Å². The van der Waals surface area contributed by atoms with E-state index < -0.39 is 0 Å². The summed E-state index contributed by atoms with van der Waals surface area (Å²) in [6, 6.07) is 0. The minimum absolute atomic E-state index is 0.210. The van der Waals surface area contributed by atoms with E-state index in [2.05, 4.69) is 33.8 Å². The summed E-state index contributed by atoms with van der Waals surface area (Å²) in [7, 11) is 4.18. The molecule has 2 rings (SSSR count). The van der Waals surface area contributed by atoms with Gasteiger partial charge in [0.15, 0.2) is 0 Å². The predicted molar refractivity (Wildman–Crippen MR) is 77.8 cm³/mol. The molecule has 95 valence electrons. The van der Waals surface area contributed by atoms with Crippen LogP contribution in [-0.2, 0) is 4.79 Å². The van der Waals surface area contributed by atoms with Crippen molar-refractivity contribution in [3.05, 3.63) is 11.8 Å². The third kappa shape index (κ3) is 2.73. The topological polar surface area (TPSA) is 20.3 Å². The van der Waals surface area contributed by atoms with E-state index in [0.29, 0.717) is 6.42 Å². The van der Waals surface area contributed by atoms with Gasteiger partial charge in [0.05, 0.1) is 0 Å². The molecule has 2 nitrogen and oxygen atoms in total. The Labute approximate surface area is 111 Å². The highest BCUT2D eigenvalue weighted by atomic mass is 32.1. The molecule has 0 aromatic heterocycles. The smallest absolute Gasteiger partial charge is 0.230 e. The fourth-order valence-electron chi connectivity index (χ4n) is 2.44. The number of thiol groups is 1. The van der Waals surface area contributed by atoms with Crippen LogP contribution in [0.5, 0.6) is 0 Å². The van der Waals surface area contributed by atoms with Crippen LogP contribution >= 0.6 is 12.6 Å². The highest BCUT2D eigenvalue weighted by molar-refractivity contribution is 7.80. The average Bonchev–Trinajstić information content (AvgIpc) is 2.68. The summed E-state index contributed by atoms with van der Waals surface area (Å²) < 4.78 is 0. The molecule has 0 aromatic rings. The standard InChI is InChI=1S/C11H17BNOS.C2H6/c1-10(11(2,7-15)12-10)5-8-4-9(14)13(3)6-8;1-2/h6,15H,4-5,7H2,1-3H3;1-2H3. The molecule has 2 heterocycles. The van der Waals surface area contributed by atoms with Crippen molar-refractivity contribution in [2.24, 2.45) is 0 Å². The van der Waals surface area contributed by atoms with E-state index in [4.69, 9.17) is 0 Å². The van der Waals surface area contributed by atoms with Crippen LogP contribution in [0.1, 0.15) is 40.5 Å². The van der Waals surface area contributed by atoms with Crippen molar-refractivity contribution in [1.82, 2.24) is 4.90 Å². The van der Waals surface area contributed by atoms with Crippen LogP contribution in [0.25, 0.3) is 0 Å². The molecule has 0 saturated carbocycles. The van der Waals surface area contributed by atoms with Gasteiger partial charge in [0.25, 0.3) is 0 Å². The minimum Gasteiger partial charge on any atom is -0.322 e. The Morgan fingerprint density at radius 2 is 2.00 bits per heavy atom. The van der Waals surface area contributed by atoms with Gasteiger partial charge in [-0.3, -0.25) is 4.79 Å². The molecule has 2 unspecified atom stereocenters. The van der Waals surface area contributed by atoms with Crippen molar-refractivity contribution in [3.8, 4) is 0 Å². The van der Waals surface area contributed by atoms with Crippen molar-refractivity contribution in [2.45, 2.75) is 51.2 Å². The maximum Gasteiger partial charge on any atom is 0.230 e. The summed E-state index contributed by atoms with van der Waals surface area (Å²) >= 11 is 4.38. The molecule has 1 amide bonds. The number of amides is 1. The number of hydrogen-bond acceptors (Lipinski definition) is 2. The number of hydrogen-bond donors (Lipinski definition) is 1. The number of carbonyl (C=O) groups excluding carboxylic acids is 1. The lowest BCUT2D eigenvalue weighted by atomic mass is 9.83. The van der Waals surface area contributed by atoms with Gasteiger partial charge in [-0.1, -0.05) is 38.3 Å². The first-order valence-corrected chi connectivity index (χ1v) is 6.97. The second-order valence-electron chi connectivity index (χ2n) is 5.28. The van der Waals surface area contributed by atoms with E-state index in [1.54, 1.807) is 4.90 Å². The molecule has 0 spiro atoms. The van der Waals surface area contributed by atoms with Crippen LogP contribution in [0.2, 0.25) is 10.6 Å². The van der Waals surface area contributed by atoms with Crippen molar-refractivity contribution >= 4 is 25.8 Å². The Morgan fingerprint density at radius 1 is 1.41 bits per heavy atom. The van der Waals surface area contributed by atoms with E-state index >= 15 is 0 Å². The summed E-state index contributed by atoms with van der Waals surface area (Å²) in [5, 5.41) is 0.493. The Hall–Kier alpha value is -0.375. The first-order valence-electron chi connectivity index (χ1n) is 6.33. The largest absolute Gasteiger partial charge is 0.322 e. The van der Waals surface area contributed by atoms with Gasteiger partial charge in [-0.2, -0.15) is 12.6 Å². The number of rotatable bonds is 3. The molecule has 0 bridgehead atoms. The Kier molecular flexibility index (Phi) is 4.40. The fourth-order valence-corrected chi connectivity index (χ4v) is 2.89. The first-order chi connectivity index (χ1) is 7.90. The molecule has 4 heteroatoms. The third-order valence-corrected chi connectivity index (χ3v) is 4.59. The number of carbonyl (C=O) groups is 1. The molecular weight excluding hydrogens is 229 g/mol. The second-order valence-corrected chi connectivity index (χ2v) is 5.60. The Morgan fingerprint density at radius 3 is 2.35 bits per heavy atom. The lowest BCUT2D eigenvalue weighted by molar-refractivity contribution is -0.125. The van der Waals surface area contributed by atoms with Crippen LogP contribution in [0.15, 0.2) is 11.8 Å². The average molecular weight is 252 g/mol.